The molecule has 148 valence electrons. The molecule has 1 aromatic heterocycles. The molecule has 1 aliphatic heterocycles. The van der Waals surface area contributed by atoms with Gasteiger partial charge in [0.15, 0.2) is 0 Å². The van der Waals surface area contributed by atoms with Crippen molar-refractivity contribution < 1.29 is 0 Å². The van der Waals surface area contributed by atoms with Crippen LogP contribution in [0.2, 0.25) is 5.02 Å². The fraction of sp³-hybridized carbons (Fsp3) is 0.120. The molecule has 1 unspecified atom stereocenters. The molecule has 0 saturated heterocycles. The van der Waals surface area contributed by atoms with E-state index in [0.29, 0.717) is 17.0 Å². The second-order valence-electron chi connectivity index (χ2n) is 7.47. The summed E-state index contributed by atoms with van der Waals surface area (Å²) in [5.74, 6) is 0. The fourth-order valence-electron chi connectivity index (χ4n) is 4.22. The predicted molar refractivity (Wildman–Crippen MR) is 124 cm³/mol. The summed E-state index contributed by atoms with van der Waals surface area (Å²) in [6, 6.07) is 25.6. The number of aromatic amines is 1. The number of anilines is 1. The van der Waals surface area contributed by atoms with Crippen molar-refractivity contribution >= 4 is 33.9 Å². The van der Waals surface area contributed by atoms with E-state index in [9.17, 15) is 4.79 Å². The molecule has 5 rings (SSSR count). The minimum absolute atomic E-state index is 0.0821. The Balaban J connectivity index is 1.68. The zero-order valence-electron chi connectivity index (χ0n) is 16.5. The SMILES string of the molecule is Cc1c(C2=NN(c3ccccc3)C(c3ccccc3Cl)C2)c(=O)[nH]c2ccccc12. The molecule has 1 atom stereocenters. The third-order valence-corrected chi connectivity index (χ3v) is 6.01. The molecule has 0 fully saturated rings. The lowest BCUT2D eigenvalue weighted by Gasteiger charge is -2.24. The number of hydrazone groups is 1. The lowest BCUT2D eigenvalue weighted by molar-refractivity contribution is 0.709. The molecule has 0 amide bonds. The van der Waals surface area contributed by atoms with Crippen LogP contribution in [0, 0.1) is 6.92 Å². The zero-order chi connectivity index (χ0) is 20.7. The Morgan fingerprint density at radius 1 is 0.967 bits per heavy atom. The van der Waals surface area contributed by atoms with Crippen LogP contribution in [0.5, 0.6) is 0 Å². The first-order valence-corrected chi connectivity index (χ1v) is 10.3. The lowest BCUT2D eigenvalue weighted by Crippen LogP contribution is -2.20. The second kappa shape index (κ2) is 7.47. The third kappa shape index (κ3) is 3.10. The average Bonchev–Trinajstić information content (AvgIpc) is 3.19. The Hall–Kier alpha value is -3.37. The highest BCUT2D eigenvalue weighted by molar-refractivity contribution is 6.31. The number of aryl methyl sites for hydroxylation is 1. The van der Waals surface area contributed by atoms with E-state index in [-0.39, 0.29) is 11.6 Å². The summed E-state index contributed by atoms with van der Waals surface area (Å²) < 4.78 is 0. The molecule has 0 aliphatic carbocycles. The van der Waals surface area contributed by atoms with Crippen molar-refractivity contribution in [2.24, 2.45) is 5.10 Å². The van der Waals surface area contributed by atoms with Gasteiger partial charge in [0, 0.05) is 22.3 Å². The van der Waals surface area contributed by atoms with Crippen LogP contribution in [0.15, 0.2) is 88.8 Å². The summed E-state index contributed by atoms with van der Waals surface area (Å²) in [5, 5.41) is 8.63. The minimum atomic E-state index is -0.113. The Bertz CT molecular complexity index is 1330. The maximum absolute atomic E-state index is 13.0. The Labute approximate surface area is 179 Å². The van der Waals surface area contributed by atoms with Crippen LogP contribution in [0.25, 0.3) is 10.9 Å². The molecule has 30 heavy (non-hydrogen) atoms. The number of pyridine rings is 1. The van der Waals surface area contributed by atoms with Crippen molar-refractivity contribution in [2.75, 3.05) is 5.01 Å². The van der Waals surface area contributed by atoms with Gasteiger partial charge in [0.2, 0.25) is 0 Å². The summed E-state index contributed by atoms with van der Waals surface area (Å²) in [6.07, 6.45) is 0.598. The molecule has 1 aliphatic rings. The van der Waals surface area contributed by atoms with E-state index in [4.69, 9.17) is 16.7 Å². The first-order valence-electron chi connectivity index (χ1n) is 9.91. The molecule has 0 radical (unpaired) electrons. The van der Waals surface area contributed by atoms with Gasteiger partial charge in [-0.1, -0.05) is 66.2 Å². The van der Waals surface area contributed by atoms with Gasteiger partial charge in [0.1, 0.15) is 0 Å². The van der Waals surface area contributed by atoms with Gasteiger partial charge in [0.05, 0.1) is 23.0 Å². The quantitative estimate of drug-likeness (QED) is 0.458. The van der Waals surface area contributed by atoms with E-state index in [1.165, 1.54) is 0 Å². The monoisotopic (exact) mass is 413 g/mol. The number of rotatable bonds is 3. The summed E-state index contributed by atoms with van der Waals surface area (Å²) in [7, 11) is 0. The zero-order valence-corrected chi connectivity index (χ0v) is 17.2. The summed E-state index contributed by atoms with van der Waals surface area (Å²) in [6.45, 7) is 1.99. The standard InChI is InChI=1S/C25H20ClN3O/c1-16-18-11-6-8-14-21(18)27-25(30)24(16)22-15-23(19-12-5-7-13-20(19)26)29(28-22)17-9-3-2-4-10-17/h2-14,23H,15H2,1H3,(H,27,30). The Kier molecular flexibility index (Phi) is 4.64. The van der Waals surface area contributed by atoms with Crippen molar-refractivity contribution in [3.8, 4) is 0 Å². The maximum atomic E-state index is 13.0. The van der Waals surface area contributed by atoms with Crippen LogP contribution >= 0.6 is 11.6 Å². The van der Waals surface area contributed by atoms with Gasteiger partial charge in [-0.15, -0.1) is 0 Å². The van der Waals surface area contributed by atoms with Crippen LogP contribution in [0.1, 0.15) is 29.2 Å². The maximum Gasteiger partial charge on any atom is 0.257 e. The van der Waals surface area contributed by atoms with Gasteiger partial charge < -0.3 is 4.98 Å². The van der Waals surface area contributed by atoms with Gasteiger partial charge in [-0.2, -0.15) is 5.10 Å². The number of fused-ring (bicyclic) bond motifs is 1. The normalized spacial score (nSPS) is 16.1. The molecular formula is C25H20ClN3O. The second-order valence-corrected chi connectivity index (χ2v) is 7.88. The van der Waals surface area contributed by atoms with E-state index >= 15 is 0 Å². The highest BCUT2D eigenvalue weighted by Crippen LogP contribution is 2.39. The largest absolute Gasteiger partial charge is 0.321 e. The van der Waals surface area contributed by atoms with Crippen molar-refractivity contribution in [2.45, 2.75) is 19.4 Å². The fourth-order valence-corrected chi connectivity index (χ4v) is 4.49. The van der Waals surface area contributed by atoms with E-state index < -0.39 is 0 Å². The van der Waals surface area contributed by atoms with Crippen LogP contribution in [-0.2, 0) is 0 Å². The smallest absolute Gasteiger partial charge is 0.257 e. The van der Waals surface area contributed by atoms with Gasteiger partial charge in [-0.3, -0.25) is 9.80 Å². The number of para-hydroxylation sites is 2. The molecule has 4 aromatic rings. The predicted octanol–water partition coefficient (Wildman–Crippen LogP) is 5.85. The molecular weight excluding hydrogens is 394 g/mol. The van der Waals surface area contributed by atoms with E-state index in [2.05, 4.69) is 4.98 Å². The number of halogens is 1. The van der Waals surface area contributed by atoms with Crippen molar-refractivity contribution in [3.05, 3.63) is 111 Å². The van der Waals surface area contributed by atoms with E-state index in [0.717, 1.165) is 33.4 Å². The average molecular weight is 414 g/mol. The topological polar surface area (TPSA) is 48.5 Å². The van der Waals surface area contributed by atoms with Crippen LogP contribution in [0.4, 0.5) is 5.69 Å². The van der Waals surface area contributed by atoms with Gasteiger partial charge in [-0.05, 0) is 42.3 Å². The number of nitrogens with zero attached hydrogens (tertiary/aromatic N) is 2. The molecule has 4 nitrogen and oxygen atoms in total. The Morgan fingerprint density at radius 3 is 2.47 bits per heavy atom. The molecule has 0 spiro atoms. The van der Waals surface area contributed by atoms with Crippen LogP contribution in [-0.4, -0.2) is 10.7 Å². The minimum Gasteiger partial charge on any atom is -0.321 e. The van der Waals surface area contributed by atoms with Gasteiger partial charge in [0.25, 0.3) is 5.56 Å². The number of H-pyrrole nitrogens is 1. The van der Waals surface area contributed by atoms with E-state index in [1.807, 2.05) is 90.8 Å². The van der Waals surface area contributed by atoms with Gasteiger partial charge in [-0.25, -0.2) is 0 Å². The van der Waals surface area contributed by atoms with Crippen LogP contribution < -0.4 is 10.6 Å². The number of hydrogen-bond donors (Lipinski definition) is 1. The van der Waals surface area contributed by atoms with Gasteiger partial charge >= 0.3 is 0 Å². The molecule has 0 bridgehead atoms. The summed E-state index contributed by atoms with van der Waals surface area (Å²) in [5.41, 5.74) is 5.05. The summed E-state index contributed by atoms with van der Waals surface area (Å²) in [4.78, 5) is 16.0. The summed E-state index contributed by atoms with van der Waals surface area (Å²) >= 11 is 6.55. The number of nitrogens with one attached hydrogen (secondary N) is 1. The lowest BCUT2D eigenvalue weighted by atomic mass is 9.95. The first kappa shape index (κ1) is 18.6. The Morgan fingerprint density at radius 2 is 1.67 bits per heavy atom. The highest BCUT2D eigenvalue weighted by atomic mass is 35.5. The molecule has 5 heteroatoms. The van der Waals surface area contributed by atoms with Crippen molar-refractivity contribution in [3.63, 3.8) is 0 Å². The highest BCUT2D eigenvalue weighted by Gasteiger charge is 2.33. The molecule has 2 heterocycles. The van der Waals surface area contributed by atoms with E-state index in [1.54, 1.807) is 0 Å². The third-order valence-electron chi connectivity index (χ3n) is 5.67. The number of aromatic nitrogens is 1. The molecule has 1 N–H and O–H groups in total. The number of hydrogen-bond acceptors (Lipinski definition) is 3. The van der Waals surface area contributed by atoms with Crippen LogP contribution in [0.3, 0.4) is 0 Å². The number of benzene rings is 3. The van der Waals surface area contributed by atoms with Crippen molar-refractivity contribution in [1.82, 2.24) is 4.98 Å². The molecule has 3 aromatic carbocycles. The molecule has 0 saturated carbocycles. The first-order chi connectivity index (χ1) is 14.6. The van der Waals surface area contributed by atoms with Crippen molar-refractivity contribution in [1.29, 1.82) is 0 Å².